The van der Waals surface area contributed by atoms with E-state index in [4.69, 9.17) is 14.6 Å². The van der Waals surface area contributed by atoms with E-state index in [2.05, 4.69) is 5.10 Å². The van der Waals surface area contributed by atoms with Gasteiger partial charge in [0, 0.05) is 18.9 Å². The minimum atomic E-state index is 0.0907. The minimum Gasteiger partial charge on any atom is -0.491 e. The van der Waals surface area contributed by atoms with Gasteiger partial charge in [0.2, 0.25) is 0 Å². The normalized spacial score (nSPS) is 10.6. The van der Waals surface area contributed by atoms with Crippen LogP contribution in [0.25, 0.3) is 11.1 Å². The maximum Gasteiger partial charge on any atom is 0.119 e. The van der Waals surface area contributed by atoms with Crippen LogP contribution in [-0.2, 0) is 11.3 Å². The fourth-order valence-corrected chi connectivity index (χ4v) is 1.72. The number of aliphatic hydroxyl groups excluding tert-OH is 1. The quantitative estimate of drug-likeness (QED) is 0.769. The summed E-state index contributed by atoms with van der Waals surface area (Å²) in [5.41, 5.74) is 2.10. The lowest BCUT2D eigenvalue weighted by molar-refractivity contribution is 0.146. The highest BCUT2D eigenvalue weighted by Crippen LogP contribution is 2.21. The Morgan fingerprint density at radius 2 is 1.95 bits per heavy atom. The first-order valence-corrected chi connectivity index (χ1v) is 6.19. The van der Waals surface area contributed by atoms with Gasteiger partial charge in [0.05, 0.1) is 26.0 Å². The van der Waals surface area contributed by atoms with Crippen molar-refractivity contribution in [3.63, 3.8) is 0 Å². The van der Waals surface area contributed by atoms with E-state index in [1.807, 2.05) is 30.5 Å². The number of aromatic nitrogens is 2. The highest BCUT2D eigenvalue weighted by atomic mass is 16.5. The van der Waals surface area contributed by atoms with Crippen LogP contribution in [0.4, 0.5) is 0 Å². The summed E-state index contributed by atoms with van der Waals surface area (Å²) < 4.78 is 12.1. The second-order valence-electron chi connectivity index (χ2n) is 4.08. The molecule has 1 heterocycles. The van der Waals surface area contributed by atoms with Gasteiger partial charge in [0.25, 0.3) is 0 Å². The van der Waals surface area contributed by atoms with Gasteiger partial charge in [-0.15, -0.1) is 0 Å². The molecule has 0 aliphatic rings. The van der Waals surface area contributed by atoms with Gasteiger partial charge in [0.1, 0.15) is 12.4 Å². The third kappa shape index (κ3) is 3.81. The molecule has 0 bridgehead atoms. The predicted molar refractivity (Wildman–Crippen MR) is 72.1 cm³/mol. The van der Waals surface area contributed by atoms with Crippen molar-refractivity contribution in [2.24, 2.45) is 0 Å². The molecule has 0 spiro atoms. The zero-order chi connectivity index (χ0) is 13.5. The second kappa shape index (κ2) is 6.92. The maximum absolute atomic E-state index is 8.85. The summed E-state index contributed by atoms with van der Waals surface area (Å²) in [5, 5.41) is 13.0. The number of hydrogen-bond acceptors (Lipinski definition) is 4. The van der Waals surface area contributed by atoms with Crippen molar-refractivity contribution in [1.82, 2.24) is 9.78 Å². The lowest BCUT2D eigenvalue weighted by atomic mass is 10.1. The van der Waals surface area contributed by atoms with Gasteiger partial charge in [-0.3, -0.25) is 4.68 Å². The van der Waals surface area contributed by atoms with Gasteiger partial charge in [-0.2, -0.15) is 5.10 Å². The Morgan fingerprint density at radius 3 is 2.63 bits per heavy atom. The van der Waals surface area contributed by atoms with E-state index in [-0.39, 0.29) is 6.61 Å². The molecular formula is C14H18N2O3. The molecular weight excluding hydrogens is 244 g/mol. The van der Waals surface area contributed by atoms with E-state index in [1.54, 1.807) is 18.0 Å². The number of aliphatic hydroxyl groups is 1. The summed E-state index contributed by atoms with van der Waals surface area (Å²) in [6, 6.07) is 7.83. The van der Waals surface area contributed by atoms with Gasteiger partial charge < -0.3 is 14.6 Å². The summed E-state index contributed by atoms with van der Waals surface area (Å²) in [7, 11) is 1.65. The molecule has 102 valence electrons. The minimum absolute atomic E-state index is 0.0907. The van der Waals surface area contributed by atoms with Gasteiger partial charge in [0.15, 0.2) is 0 Å². The molecule has 5 nitrogen and oxygen atoms in total. The predicted octanol–water partition coefficient (Wildman–Crippen LogP) is 1.57. The largest absolute Gasteiger partial charge is 0.491 e. The van der Waals surface area contributed by atoms with E-state index < -0.39 is 0 Å². The van der Waals surface area contributed by atoms with Crippen molar-refractivity contribution < 1.29 is 14.6 Å². The monoisotopic (exact) mass is 262 g/mol. The van der Waals surface area contributed by atoms with Crippen molar-refractivity contribution in [1.29, 1.82) is 0 Å². The molecule has 1 N–H and O–H groups in total. The molecule has 19 heavy (non-hydrogen) atoms. The van der Waals surface area contributed by atoms with Crippen LogP contribution in [0.3, 0.4) is 0 Å². The van der Waals surface area contributed by atoms with E-state index in [0.29, 0.717) is 19.8 Å². The van der Waals surface area contributed by atoms with Crippen LogP contribution in [0.5, 0.6) is 5.75 Å². The number of nitrogens with zero attached hydrogens (tertiary/aromatic N) is 2. The van der Waals surface area contributed by atoms with Crippen molar-refractivity contribution >= 4 is 0 Å². The molecule has 0 unspecified atom stereocenters. The Labute approximate surface area is 112 Å². The molecule has 2 rings (SSSR count). The van der Waals surface area contributed by atoms with Crippen LogP contribution >= 0.6 is 0 Å². The topological polar surface area (TPSA) is 56.5 Å². The third-order valence-corrected chi connectivity index (χ3v) is 2.71. The van der Waals surface area contributed by atoms with E-state index >= 15 is 0 Å². The molecule has 0 saturated heterocycles. The molecule has 0 fully saturated rings. The fourth-order valence-electron chi connectivity index (χ4n) is 1.72. The smallest absolute Gasteiger partial charge is 0.119 e. The highest BCUT2D eigenvalue weighted by molar-refractivity contribution is 5.62. The number of methoxy groups -OCH3 is 1. The van der Waals surface area contributed by atoms with Crippen LogP contribution in [0.1, 0.15) is 0 Å². The molecule has 0 aliphatic heterocycles. The molecule has 0 amide bonds. The van der Waals surface area contributed by atoms with Crippen LogP contribution in [0, 0.1) is 0 Å². The lowest BCUT2D eigenvalue weighted by Gasteiger charge is -2.05. The highest BCUT2D eigenvalue weighted by Gasteiger charge is 2.02. The SMILES string of the molecule is COCCOc1ccc(-c2cnn(CCO)c2)cc1. The number of rotatable bonds is 7. The first kappa shape index (κ1) is 13.6. The summed E-state index contributed by atoms with van der Waals surface area (Å²) in [6.45, 7) is 1.73. The van der Waals surface area contributed by atoms with Gasteiger partial charge in [-0.1, -0.05) is 12.1 Å². The zero-order valence-electron chi connectivity index (χ0n) is 11.0. The summed E-state index contributed by atoms with van der Waals surface area (Å²) in [4.78, 5) is 0. The number of ether oxygens (including phenoxy) is 2. The zero-order valence-corrected chi connectivity index (χ0v) is 11.0. The summed E-state index contributed by atoms with van der Waals surface area (Å²) >= 11 is 0. The number of hydrogen-bond donors (Lipinski definition) is 1. The van der Waals surface area contributed by atoms with Crippen LogP contribution in [-0.4, -0.2) is 41.8 Å². The molecule has 5 heteroatoms. The molecule has 0 saturated carbocycles. The Kier molecular flexibility index (Phi) is 4.94. The fraction of sp³-hybridized carbons (Fsp3) is 0.357. The van der Waals surface area contributed by atoms with Crippen LogP contribution in [0.15, 0.2) is 36.7 Å². The lowest BCUT2D eigenvalue weighted by Crippen LogP contribution is -2.03. The van der Waals surface area contributed by atoms with Crippen molar-refractivity contribution in [3.05, 3.63) is 36.7 Å². The van der Waals surface area contributed by atoms with Gasteiger partial charge >= 0.3 is 0 Å². The second-order valence-corrected chi connectivity index (χ2v) is 4.08. The standard InChI is InChI=1S/C14H18N2O3/c1-18-8-9-19-14-4-2-12(3-5-14)13-10-15-16(11-13)6-7-17/h2-5,10-11,17H,6-9H2,1H3. The van der Waals surface area contributed by atoms with Gasteiger partial charge in [-0.25, -0.2) is 0 Å². The molecule has 0 aliphatic carbocycles. The van der Waals surface area contributed by atoms with Crippen molar-refractivity contribution in [2.75, 3.05) is 26.9 Å². The average molecular weight is 262 g/mol. The van der Waals surface area contributed by atoms with Crippen LogP contribution in [0.2, 0.25) is 0 Å². The molecule has 1 aromatic carbocycles. The van der Waals surface area contributed by atoms with Crippen molar-refractivity contribution in [2.45, 2.75) is 6.54 Å². The number of benzene rings is 1. The first-order chi connectivity index (χ1) is 9.33. The Morgan fingerprint density at radius 1 is 1.16 bits per heavy atom. The molecule has 0 radical (unpaired) electrons. The molecule has 0 atom stereocenters. The summed E-state index contributed by atoms with van der Waals surface area (Å²) in [6.07, 6.45) is 3.70. The Balaban J connectivity index is 2.00. The third-order valence-electron chi connectivity index (χ3n) is 2.71. The van der Waals surface area contributed by atoms with Gasteiger partial charge in [-0.05, 0) is 17.7 Å². The molecule has 1 aromatic heterocycles. The van der Waals surface area contributed by atoms with E-state index in [9.17, 15) is 0 Å². The van der Waals surface area contributed by atoms with E-state index in [1.165, 1.54) is 0 Å². The summed E-state index contributed by atoms with van der Waals surface area (Å²) in [5.74, 6) is 0.823. The maximum atomic E-state index is 8.85. The van der Waals surface area contributed by atoms with Crippen molar-refractivity contribution in [3.8, 4) is 16.9 Å². The van der Waals surface area contributed by atoms with Crippen LogP contribution < -0.4 is 4.74 Å². The molecule has 2 aromatic rings. The average Bonchev–Trinajstić information content (AvgIpc) is 2.89. The Hall–Kier alpha value is -1.85. The van der Waals surface area contributed by atoms with E-state index in [0.717, 1.165) is 16.9 Å². The first-order valence-electron chi connectivity index (χ1n) is 6.19. The Bertz CT molecular complexity index is 494.